The second-order valence-electron chi connectivity index (χ2n) is 7.07. The maximum absolute atomic E-state index is 12.1. The van der Waals surface area contributed by atoms with Crippen LogP contribution in [0.25, 0.3) is 0 Å². The normalized spacial score (nSPS) is 27.3. The van der Waals surface area contributed by atoms with Gasteiger partial charge in [0.25, 0.3) is 0 Å². The topological polar surface area (TPSA) is 49.4 Å². The summed E-state index contributed by atoms with van der Waals surface area (Å²) in [6, 6.07) is 0.491. The lowest BCUT2D eigenvalue weighted by Crippen LogP contribution is -2.53. The second kappa shape index (κ2) is 7.20. The first-order valence-corrected chi connectivity index (χ1v) is 11.2. The summed E-state index contributed by atoms with van der Waals surface area (Å²) in [5.74, 6) is 1.78. The van der Waals surface area contributed by atoms with Gasteiger partial charge in [-0.15, -0.1) is 0 Å². The van der Waals surface area contributed by atoms with Crippen LogP contribution in [0.15, 0.2) is 0 Å². The van der Waals surface area contributed by atoms with Crippen LogP contribution in [0.4, 0.5) is 0 Å². The van der Waals surface area contributed by atoms with Crippen LogP contribution in [-0.4, -0.2) is 62.1 Å². The summed E-state index contributed by atoms with van der Waals surface area (Å²) < 4.78 is 24.1. The number of thioether (sulfide) groups is 1. The molecular weight excluding hydrogens is 304 g/mol. The fourth-order valence-corrected chi connectivity index (χ4v) is 6.50. The van der Waals surface area contributed by atoms with E-state index in [-0.39, 0.29) is 10.8 Å². The summed E-state index contributed by atoms with van der Waals surface area (Å²) in [7, 11) is -2.99. The van der Waals surface area contributed by atoms with Gasteiger partial charge in [0, 0.05) is 43.4 Å². The van der Waals surface area contributed by atoms with Gasteiger partial charge >= 0.3 is 0 Å². The highest BCUT2D eigenvalue weighted by atomic mass is 32.2. The molecule has 1 saturated carbocycles. The summed E-state index contributed by atoms with van der Waals surface area (Å²) in [6.07, 6.45) is 6.42. The van der Waals surface area contributed by atoms with E-state index in [1.165, 1.54) is 31.9 Å². The van der Waals surface area contributed by atoms with Gasteiger partial charge in [0.1, 0.15) is 5.37 Å². The summed E-state index contributed by atoms with van der Waals surface area (Å²) in [5.41, 5.74) is 0.273. The maximum atomic E-state index is 12.1. The molecule has 2 fully saturated rings. The Labute approximate surface area is 134 Å². The van der Waals surface area contributed by atoms with Crippen LogP contribution in [0.5, 0.6) is 0 Å². The zero-order chi connectivity index (χ0) is 15.5. The summed E-state index contributed by atoms with van der Waals surface area (Å²) in [4.78, 5) is 2.25. The average molecular weight is 335 g/mol. The highest BCUT2D eigenvalue weighted by Gasteiger charge is 2.40. The van der Waals surface area contributed by atoms with Crippen molar-refractivity contribution in [1.82, 2.24) is 10.2 Å². The minimum Gasteiger partial charge on any atom is -0.314 e. The minimum atomic E-state index is -2.99. The van der Waals surface area contributed by atoms with Gasteiger partial charge in [0.15, 0.2) is 9.84 Å². The average Bonchev–Trinajstić information content (AvgIpc) is 2.85. The maximum Gasteiger partial charge on any atom is 0.164 e. The third-order valence-electron chi connectivity index (χ3n) is 4.77. The van der Waals surface area contributed by atoms with E-state index in [1.54, 1.807) is 11.8 Å². The first-order chi connectivity index (χ1) is 9.82. The van der Waals surface area contributed by atoms with Gasteiger partial charge in [-0.1, -0.05) is 26.7 Å². The molecule has 1 heterocycles. The third kappa shape index (κ3) is 4.85. The molecule has 0 bridgehead atoms. The monoisotopic (exact) mass is 334 g/mol. The molecule has 0 spiro atoms. The van der Waals surface area contributed by atoms with Crippen molar-refractivity contribution in [2.45, 2.75) is 50.9 Å². The molecule has 1 aliphatic heterocycles. The smallest absolute Gasteiger partial charge is 0.164 e. The van der Waals surface area contributed by atoms with Crippen molar-refractivity contribution in [2.24, 2.45) is 5.41 Å². The number of hydrogen-bond acceptors (Lipinski definition) is 5. The van der Waals surface area contributed by atoms with Crippen LogP contribution >= 0.6 is 11.8 Å². The second-order valence-corrected chi connectivity index (χ2v) is 10.4. The number of nitrogens with zero attached hydrogens (tertiary/aromatic N) is 1. The molecule has 124 valence electrons. The summed E-state index contributed by atoms with van der Waals surface area (Å²) in [6.45, 7) is 7.22. The lowest BCUT2D eigenvalue weighted by Gasteiger charge is -2.41. The standard InChI is InChI=1S/C15H30N2O2S2/c1-13(2)16-11-15(6-4-5-7-15)12-17-8-9-20-10-14(17)21(3,18)19/h13-14,16H,4-12H2,1-3H3. The predicted octanol–water partition coefficient (Wildman–Crippen LogP) is 1.96. The van der Waals surface area contributed by atoms with Gasteiger partial charge in [-0.2, -0.15) is 11.8 Å². The van der Waals surface area contributed by atoms with Crippen molar-refractivity contribution >= 4 is 21.6 Å². The molecule has 0 radical (unpaired) electrons. The largest absolute Gasteiger partial charge is 0.314 e. The van der Waals surface area contributed by atoms with E-state index in [0.29, 0.717) is 6.04 Å². The molecule has 2 rings (SSSR count). The minimum absolute atomic E-state index is 0.273. The van der Waals surface area contributed by atoms with E-state index in [2.05, 4.69) is 24.1 Å². The molecule has 21 heavy (non-hydrogen) atoms. The van der Waals surface area contributed by atoms with Gasteiger partial charge in [0.05, 0.1) is 0 Å². The van der Waals surface area contributed by atoms with Crippen molar-refractivity contribution in [3.63, 3.8) is 0 Å². The van der Waals surface area contributed by atoms with Crippen LogP contribution in [-0.2, 0) is 9.84 Å². The lowest BCUT2D eigenvalue weighted by atomic mass is 9.85. The molecule has 0 aromatic heterocycles. The fourth-order valence-electron chi connectivity index (χ4n) is 3.56. The lowest BCUT2D eigenvalue weighted by molar-refractivity contribution is 0.143. The molecule has 0 amide bonds. The van der Waals surface area contributed by atoms with Crippen molar-refractivity contribution < 1.29 is 8.42 Å². The fraction of sp³-hybridized carbons (Fsp3) is 1.00. The molecule has 1 unspecified atom stereocenters. The van der Waals surface area contributed by atoms with Crippen molar-refractivity contribution in [3.8, 4) is 0 Å². The molecule has 6 heteroatoms. The highest BCUT2D eigenvalue weighted by molar-refractivity contribution is 8.00. The third-order valence-corrected chi connectivity index (χ3v) is 7.46. The van der Waals surface area contributed by atoms with Crippen LogP contribution in [0.1, 0.15) is 39.5 Å². The Kier molecular flexibility index (Phi) is 6.02. The molecule has 0 aromatic carbocycles. The summed E-state index contributed by atoms with van der Waals surface area (Å²) in [5, 5.41) is 3.31. The van der Waals surface area contributed by atoms with Crippen molar-refractivity contribution in [1.29, 1.82) is 0 Å². The number of rotatable bonds is 6. The molecular formula is C15H30N2O2S2. The molecule has 1 saturated heterocycles. The predicted molar refractivity (Wildman–Crippen MR) is 91.6 cm³/mol. The Morgan fingerprint density at radius 2 is 2.00 bits per heavy atom. The van der Waals surface area contributed by atoms with Crippen LogP contribution in [0.3, 0.4) is 0 Å². The highest BCUT2D eigenvalue weighted by Crippen LogP contribution is 2.39. The zero-order valence-electron chi connectivity index (χ0n) is 13.6. The van der Waals surface area contributed by atoms with Crippen LogP contribution < -0.4 is 5.32 Å². The van der Waals surface area contributed by atoms with E-state index in [9.17, 15) is 8.42 Å². The van der Waals surface area contributed by atoms with Gasteiger partial charge in [-0.25, -0.2) is 8.42 Å². The zero-order valence-corrected chi connectivity index (χ0v) is 15.2. The van der Waals surface area contributed by atoms with Crippen molar-refractivity contribution in [2.75, 3.05) is 37.4 Å². The molecule has 2 aliphatic rings. The van der Waals surface area contributed by atoms with Crippen LogP contribution in [0, 0.1) is 5.41 Å². The number of nitrogens with one attached hydrogen (secondary N) is 1. The van der Waals surface area contributed by atoms with E-state index in [4.69, 9.17) is 0 Å². The van der Waals surface area contributed by atoms with Gasteiger partial charge in [-0.05, 0) is 18.3 Å². The van der Waals surface area contributed by atoms with E-state index in [0.717, 1.165) is 31.1 Å². The Morgan fingerprint density at radius 3 is 2.57 bits per heavy atom. The number of hydrogen-bond donors (Lipinski definition) is 1. The van der Waals surface area contributed by atoms with Crippen LogP contribution in [0.2, 0.25) is 0 Å². The van der Waals surface area contributed by atoms with Gasteiger partial charge in [0.2, 0.25) is 0 Å². The molecule has 4 nitrogen and oxygen atoms in total. The van der Waals surface area contributed by atoms with E-state index in [1.807, 2.05) is 0 Å². The molecule has 1 N–H and O–H groups in total. The SMILES string of the molecule is CC(C)NCC1(CN2CCSCC2S(C)(=O)=O)CCCC1. The van der Waals surface area contributed by atoms with E-state index >= 15 is 0 Å². The van der Waals surface area contributed by atoms with Crippen molar-refractivity contribution in [3.05, 3.63) is 0 Å². The molecule has 1 atom stereocenters. The van der Waals surface area contributed by atoms with Gasteiger partial charge < -0.3 is 5.32 Å². The first kappa shape index (κ1) is 17.6. The molecule has 1 aliphatic carbocycles. The first-order valence-electron chi connectivity index (χ1n) is 8.06. The van der Waals surface area contributed by atoms with E-state index < -0.39 is 9.84 Å². The summed E-state index contributed by atoms with van der Waals surface area (Å²) >= 11 is 1.77. The number of sulfone groups is 1. The Hall–Kier alpha value is 0.220. The Morgan fingerprint density at radius 1 is 1.33 bits per heavy atom. The van der Waals surface area contributed by atoms with Gasteiger partial charge in [-0.3, -0.25) is 4.90 Å². The molecule has 0 aromatic rings. The Balaban J connectivity index is 2.07. The quantitative estimate of drug-likeness (QED) is 0.805. The Bertz CT molecular complexity index is 431.